The molecule has 0 aliphatic carbocycles. The number of carbonyl (C=O) groups is 2. The second-order valence-corrected chi connectivity index (χ2v) is 4.96. The zero-order valence-corrected chi connectivity index (χ0v) is 10.7. The zero-order valence-electron chi connectivity index (χ0n) is 9.13. The Morgan fingerprint density at radius 1 is 1.44 bits per heavy atom. The number of hydrogen-bond acceptors (Lipinski definition) is 2. The van der Waals surface area contributed by atoms with Gasteiger partial charge in [-0.2, -0.15) is 0 Å². The second kappa shape index (κ2) is 3.70. The first-order chi connectivity index (χ1) is 7.46. The van der Waals surface area contributed by atoms with E-state index < -0.39 is 5.41 Å². The number of amides is 1. The molecule has 0 aromatic heterocycles. The van der Waals surface area contributed by atoms with E-state index in [1.807, 2.05) is 19.9 Å². The van der Waals surface area contributed by atoms with Gasteiger partial charge in [0.2, 0.25) is 5.91 Å². The molecule has 1 heterocycles. The first-order valence-corrected chi connectivity index (χ1v) is 6.14. The highest BCUT2D eigenvalue weighted by Crippen LogP contribution is 2.37. The Morgan fingerprint density at radius 3 is 2.75 bits per heavy atom. The van der Waals surface area contributed by atoms with Crippen LogP contribution in [0.15, 0.2) is 18.2 Å². The lowest BCUT2D eigenvalue weighted by Crippen LogP contribution is -2.26. The van der Waals surface area contributed by atoms with Crippen molar-refractivity contribution >= 4 is 33.3 Å². The van der Waals surface area contributed by atoms with E-state index in [9.17, 15) is 9.59 Å². The summed E-state index contributed by atoms with van der Waals surface area (Å²) in [6.07, 6.45) is 0. The molecule has 0 unspecified atom stereocenters. The smallest absolute Gasteiger partial charge is 0.234 e. The summed E-state index contributed by atoms with van der Waals surface area (Å²) in [5, 5.41) is 3.10. The van der Waals surface area contributed by atoms with Crippen LogP contribution in [0.3, 0.4) is 0 Å². The molecule has 3 nitrogen and oxygen atoms in total. The van der Waals surface area contributed by atoms with E-state index in [1.54, 1.807) is 12.1 Å². The highest BCUT2D eigenvalue weighted by molar-refractivity contribution is 9.09. The zero-order chi connectivity index (χ0) is 11.9. The van der Waals surface area contributed by atoms with Crippen molar-refractivity contribution in [2.45, 2.75) is 19.3 Å². The van der Waals surface area contributed by atoms with Crippen molar-refractivity contribution in [1.29, 1.82) is 0 Å². The van der Waals surface area contributed by atoms with E-state index in [1.165, 1.54) is 0 Å². The Bertz CT molecular complexity index is 480. The fourth-order valence-electron chi connectivity index (χ4n) is 1.84. The van der Waals surface area contributed by atoms with Crippen molar-refractivity contribution < 1.29 is 9.59 Å². The Labute approximate surface area is 102 Å². The van der Waals surface area contributed by atoms with Crippen molar-refractivity contribution in [3.05, 3.63) is 29.3 Å². The summed E-state index contributed by atoms with van der Waals surface area (Å²) in [7, 11) is 0. The molecule has 84 valence electrons. The lowest BCUT2D eigenvalue weighted by Gasteiger charge is -2.14. The number of Topliss-reactive ketones (excluding diaryl/α,β-unsaturated/α-hetero) is 1. The van der Waals surface area contributed by atoms with Crippen molar-refractivity contribution in [2.24, 2.45) is 0 Å². The van der Waals surface area contributed by atoms with Crippen LogP contribution in [0.2, 0.25) is 0 Å². The average Bonchev–Trinajstić information content (AvgIpc) is 2.48. The number of halogens is 1. The van der Waals surface area contributed by atoms with Gasteiger partial charge in [-0.05, 0) is 25.5 Å². The van der Waals surface area contributed by atoms with Gasteiger partial charge in [-0.25, -0.2) is 0 Å². The number of ketones is 1. The third-order valence-electron chi connectivity index (χ3n) is 2.95. The fourth-order valence-corrected chi connectivity index (χ4v) is 2.17. The lowest BCUT2D eigenvalue weighted by molar-refractivity contribution is -0.119. The number of rotatable bonds is 2. The highest BCUT2D eigenvalue weighted by Gasteiger charge is 2.38. The molecule has 1 amide bonds. The second-order valence-electron chi connectivity index (χ2n) is 4.40. The predicted octanol–water partition coefficient (Wildman–Crippen LogP) is 2.49. The molecule has 1 aliphatic rings. The van der Waals surface area contributed by atoms with Crippen LogP contribution in [0.4, 0.5) is 5.69 Å². The minimum Gasteiger partial charge on any atom is -0.325 e. The van der Waals surface area contributed by atoms with Crippen LogP contribution in [0.1, 0.15) is 29.8 Å². The van der Waals surface area contributed by atoms with Gasteiger partial charge in [0.25, 0.3) is 0 Å². The Balaban J connectivity index is 2.48. The van der Waals surface area contributed by atoms with Crippen LogP contribution >= 0.6 is 15.9 Å². The SMILES string of the molecule is CC1(C)C(=O)Nc2cc(C(=O)CBr)ccc21. The van der Waals surface area contributed by atoms with Crippen molar-refractivity contribution in [3.8, 4) is 0 Å². The molecule has 1 aliphatic heterocycles. The van der Waals surface area contributed by atoms with Gasteiger partial charge >= 0.3 is 0 Å². The molecule has 0 saturated carbocycles. The van der Waals surface area contributed by atoms with Gasteiger partial charge in [0, 0.05) is 11.3 Å². The number of anilines is 1. The number of alkyl halides is 1. The minimum atomic E-state index is -0.509. The Hall–Kier alpha value is -1.16. The van der Waals surface area contributed by atoms with Gasteiger partial charge in [-0.15, -0.1) is 0 Å². The van der Waals surface area contributed by atoms with Gasteiger partial charge < -0.3 is 5.32 Å². The van der Waals surface area contributed by atoms with Gasteiger partial charge in [0.1, 0.15) is 0 Å². The first kappa shape index (κ1) is 11.3. The van der Waals surface area contributed by atoms with Gasteiger partial charge in [-0.3, -0.25) is 9.59 Å². The Morgan fingerprint density at radius 2 is 2.12 bits per heavy atom. The van der Waals surface area contributed by atoms with Crippen LogP contribution in [0.25, 0.3) is 0 Å². The van der Waals surface area contributed by atoms with Gasteiger partial charge in [-0.1, -0.05) is 28.1 Å². The van der Waals surface area contributed by atoms with E-state index in [2.05, 4.69) is 21.2 Å². The molecular weight excluding hydrogens is 270 g/mol. The maximum absolute atomic E-state index is 11.7. The molecule has 0 spiro atoms. The number of benzene rings is 1. The third kappa shape index (κ3) is 1.57. The summed E-state index contributed by atoms with van der Waals surface area (Å²) < 4.78 is 0. The summed E-state index contributed by atoms with van der Waals surface area (Å²) in [6.45, 7) is 3.75. The molecular formula is C12H12BrNO2. The molecule has 4 heteroatoms. The van der Waals surface area contributed by atoms with Crippen LogP contribution in [-0.2, 0) is 10.2 Å². The summed E-state index contributed by atoms with van der Waals surface area (Å²) in [4.78, 5) is 23.2. The molecule has 0 bridgehead atoms. The first-order valence-electron chi connectivity index (χ1n) is 5.02. The standard InChI is InChI=1S/C12H12BrNO2/c1-12(2)8-4-3-7(10(15)6-13)5-9(8)14-11(12)16/h3-5H,6H2,1-2H3,(H,14,16). The highest BCUT2D eigenvalue weighted by atomic mass is 79.9. The van der Waals surface area contributed by atoms with E-state index in [0.29, 0.717) is 10.9 Å². The quantitative estimate of drug-likeness (QED) is 0.669. The number of carbonyl (C=O) groups excluding carboxylic acids is 2. The average molecular weight is 282 g/mol. The number of fused-ring (bicyclic) bond motifs is 1. The molecule has 1 N–H and O–H groups in total. The van der Waals surface area contributed by atoms with Crippen molar-refractivity contribution in [3.63, 3.8) is 0 Å². The maximum atomic E-state index is 11.7. The van der Waals surface area contributed by atoms with Crippen LogP contribution in [0.5, 0.6) is 0 Å². The van der Waals surface area contributed by atoms with E-state index in [-0.39, 0.29) is 11.7 Å². The summed E-state index contributed by atoms with van der Waals surface area (Å²) in [6, 6.07) is 5.36. The lowest BCUT2D eigenvalue weighted by atomic mass is 9.86. The van der Waals surface area contributed by atoms with E-state index >= 15 is 0 Å². The molecule has 1 aromatic rings. The maximum Gasteiger partial charge on any atom is 0.234 e. The van der Waals surface area contributed by atoms with E-state index in [0.717, 1.165) is 11.3 Å². The summed E-state index contributed by atoms with van der Waals surface area (Å²) >= 11 is 3.13. The van der Waals surface area contributed by atoms with Crippen molar-refractivity contribution in [2.75, 3.05) is 10.6 Å². The molecule has 0 saturated heterocycles. The predicted molar refractivity (Wildman–Crippen MR) is 66.2 cm³/mol. The molecule has 16 heavy (non-hydrogen) atoms. The molecule has 2 rings (SSSR count). The summed E-state index contributed by atoms with van der Waals surface area (Å²) in [5.41, 5.74) is 1.81. The largest absolute Gasteiger partial charge is 0.325 e. The third-order valence-corrected chi connectivity index (χ3v) is 3.46. The Kier molecular flexibility index (Phi) is 2.62. The molecule has 1 aromatic carbocycles. The van der Waals surface area contributed by atoms with Crippen LogP contribution in [-0.4, -0.2) is 17.0 Å². The molecule has 0 atom stereocenters. The minimum absolute atomic E-state index is 0.0155. The monoisotopic (exact) mass is 281 g/mol. The number of nitrogens with one attached hydrogen (secondary N) is 1. The van der Waals surface area contributed by atoms with Crippen LogP contribution in [0, 0.1) is 0 Å². The number of hydrogen-bond donors (Lipinski definition) is 1. The summed E-state index contributed by atoms with van der Waals surface area (Å²) in [5.74, 6) is -0.00676. The molecule has 0 fully saturated rings. The van der Waals surface area contributed by atoms with Crippen molar-refractivity contribution in [1.82, 2.24) is 0 Å². The fraction of sp³-hybridized carbons (Fsp3) is 0.333. The topological polar surface area (TPSA) is 46.2 Å². The van der Waals surface area contributed by atoms with Gasteiger partial charge in [0.15, 0.2) is 5.78 Å². The van der Waals surface area contributed by atoms with Crippen LogP contribution < -0.4 is 5.32 Å². The normalized spacial score (nSPS) is 16.8. The van der Waals surface area contributed by atoms with Gasteiger partial charge in [0.05, 0.1) is 10.7 Å². The van der Waals surface area contributed by atoms with E-state index in [4.69, 9.17) is 0 Å². The molecule has 0 radical (unpaired) electrons.